The molecule has 0 spiro atoms. The number of nitrogens with zero attached hydrogens (tertiary/aromatic N) is 4. The van der Waals surface area contributed by atoms with Crippen molar-refractivity contribution < 1.29 is 0 Å². The fourth-order valence-corrected chi connectivity index (χ4v) is 2.65. The van der Waals surface area contributed by atoms with Gasteiger partial charge < -0.3 is 10.2 Å². The third kappa shape index (κ3) is 3.68. The van der Waals surface area contributed by atoms with Crippen LogP contribution in [0, 0.1) is 0 Å². The van der Waals surface area contributed by atoms with E-state index in [-0.39, 0.29) is 11.3 Å². The predicted molar refractivity (Wildman–Crippen MR) is 80.5 cm³/mol. The third-order valence-corrected chi connectivity index (χ3v) is 3.95. The van der Waals surface area contributed by atoms with Crippen molar-refractivity contribution >= 4 is 46.4 Å². The first kappa shape index (κ1) is 14.3. The van der Waals surface area contributed by atoms with Gasteiger partial charge in [-0.15, -0.1) is 11.3 Å². The van der Waals surface area contributed by atoms with Gasteiger partial charge in [-0.25, -0.2) is 0 Å². The second-order valence-corrected chi connectivity index (χ2v) is 6.22. The highest BCUT2D eigenvalue weighted by Gasteiger charge is 2.12. The molecular weight excluding hydrogens is 305 g/mol. The standard InChI is InChI=1S/C11H13Cl2N5S/c1-6(7-4-5-8(12)19-7)14-10-15-9(13)16-11(17-10)18(2)3/h4-6H,1-3H3,(H,14,15,16,17). The highest BCUT2D eigenvalue weighted by molar-refractivity contribution is 7.16. The molecule has 0 bridgehead atoms. The van der Waals surface area contributed by atoms with Crippen LogP contribution in [0.25, 0.3) is 0 Å². The molecule has 1 N–H and O–H groups in total. The number of thiophene rings is 1. The summed E-state index contributed by atoms with van der Waals surface area (Å²) < 4.78 is 0.756. The topological polar surface area (TPSA) is 53.9 Å². The summed E-state index contributed by atoms with van der Waals surface area (Å²) >= 11 is 13.3. The Kier molecular flexibility index (Phi) is 4.44. The lowest BCUT2D eigenvalue weighted by molar-refractivity contribution is 0.862. The molecule has 19 heavy (non-hydrogen) atoms. The SMILES string of the molecule is CC(Nc1nc(Cl)nc(N(C)C)n1)c1ccc(Cl)s1. The van der Waals surface area contributed by atoms with Gasteiger partial charge >= 0.3 is 0 Å². The third-order valence-electron chi connectivity index (χ3n) is 2.36. The quantitative estimate of drug-likeness (QED) is 0.935. The summed E-state index contributed by atoms with van der Waals surface area (Å²) in [6, 6.07) is 3.89. The molecule has 0 fully saturated rings. The summed E-state index contributed by atoms with van der Waals surface area (Å²) in [6.45, 7) is 2.01. The first-order valence-electron chi connectivity index (χ1n) is 5.56. The van der Waals surface area contributed by atoms with Crippen LogP contribution in [-0.4, -0.2) is 29.0 Å². The Bertz CT molecular complexity index is 572. The molecular formula is C11H13Cl2N5S. The fourth-order valence-electron chi connectivity index (χ4n) is 1.43. The number of aromatic nitrogens is 3. The maximum absolute atomic E-state index is 5.92. The molecule has 0 aliphatic rings. The van der Waals surface area contributed by atoms with Crippen molar-refractivity contribution in [1.82, 2.24) is 15.0 Å². The van der Waals surface area contributed by atoms with E-state index in [9.17, 15) is 0 Å². The average molecular weight is 318 g/mol. The molecule has 2 aromatic heterocycles. The molecule has 0 saturated heterocycles. The van der Waals surface area contributed by atoms with Crippen molar-refractivity contribution in [2.75, 3.05) is 24.3 Å². The van der Waals surface area contributed by atoms with E-state index in [2.05, 4.69) is 20.3 Å². The Labute approximate surface area is 125 Å². The van der Waals surface area contributed by atoms with Crippen LogP contribution in [0.1, 0.15) is 17.8 Å². The Morgan fingerprint density at radius 2 is 1.95 bits per heavy atom. The van der Waals surface area contributed by atoms with Crippen LogP contribution in [0.4, 0.5) is 11.9 Å². The largest absolute Gasteiger partial charge is 0.347 e. The van der Waals surface area contributed by atoms with Gasteiger partial charge in [-0.3, -0.25) is 0 Å². The minimum Gasteiger partial charge on any atom is -0.347 e. The molecule has 8 heteroatoms. The Balaban J connectivity index is 2.18. The van der Waals surface area contributed by atoms with Gasteiger partial charge in [-0.05, 0) is 30.7 Å². The van der Waals surface area contributed by atoms with Gasteiger partial charge in [-0.2, -0.15) is 15.0 Å². The summed E-state index contributed by atoms with van der Waals surface area (Å²) in [6.07, 6.45) is 0. The van der Waals surface area contributed by atoms with Gasteiger partial charge in [0.2, 0.25) is 17.2 Å². The lowest BCUT2D eigenvalue weighted by atomic mass is 10.3. The number of anilines is 2. The van der Waals surface area contributed by atoms with E-state index in [0.29, 0.717) is 11.9 Å². The molecule has 0 aromatic carbocycles. The van der Waals surface area contributed by atoms with Crippen LogP contribution in [-0.2, 0) is 0 Å². The number of hydrogen-bond acceptors (Lipinski definition) is 6. The summed E-state index contributed by atoms with van der Waals surface area (Å²) in [5.41, 5.74) is 0. The van der Waals surface area contributed by atoms with Gasteiger partial charge in [0.25, 0.3) is 0 Å². The van der Waals surface area contributed by atoms with Crippen molar-refractivity contribution in [2.45, 2.75) is 13.0 Å². The summed E-state index contributed by atoms with van der Waals surface area (Å²) in [5.74, 6) is 0.958. The zero-order valence-corrected chi connectivity index (χ0v) is 13.0. The zero-order valence-electron chi connectivity index (χ0n) is 10.7. The molecule has 0 radical (unpaired) electrons. The minimum absolute atomic E-state index is 0.0472. The highest BCUT2D eigenvalue weighted by Crippen LogP contribution is 2.28. The van der Waals surface area contributed by atoms with E-state index in [1.54, 1.807) is 4.90 Å². The predicted octanol–water partition coefficient (Wildman–Crippen LogP) is 3.48. The van der Waals surface area contributed by atoms with Gasteiger partial charge in [0.1, 0.15) is 0 Å². The van der Waals surface area contributed by atoms with Gasteiger partial charge in [0, 0.05) is 19.0 Å². The van der Waals surface area contributed by atoms with Crippen LogP contribution >= 0.6 is 34.5 Å². The molecule has 2 heterocycles. The number of rotatable bonds is 4. The molecule has 102 valence electrons. The van der Waals surface area contributed by atoms with E-state index in [1.165, 1.54) is 11.3 Å². The van der Waals surface area contributed by atoms with Crippen LogP contribution in [0.2, 0.25) is 9.62 Å². The van der Waals surface area contributed by atoms with Crippen molar-refractivity contribution in [3.8, 4) is 0 Å². The van der Waals surface area contributed by atoms with Crippen LogP contribution < -0.4 is 10.2 Å². The minimum atomic E-state index is 0.0472. The zero-order chi connectivity index (χ0) is 14.0. The van der Waals surface area contributed by atoms with Gasteiger partial charge in [0.15, 0.2) is 0 Å². The lowest BCUT2D eigenvalue weighted by Gasteiger charge is -2.15. The Hall–Kier alpha value is -1.11. The van der Waals surface area contributed by atoms with E-state index in [4.69, 9.17) is 23.2 Å². The van der Waals surface area contributed by atoms with E-state index >= 15 is 0 Å². The van der Waals surface area contributed by atoms with Gasteiger partial charge in [0.05, 0.1) is 10.4 Å². The smallest absolute Gasteiger partial charge is 0.230 e. The Morgan fingerprint density at radius 1 is 1.21 bits per heavy atom. The Morgan fingerprint density at radius 3 is 2.53 bits per heavy atom. The fraction of sp³-hybridized carbons (Fsp3) is 0.364. The maximum Gasteiger partial charge on any atom is 0.230 e. The van der Waals surface area contributed by atoms with Crippen LogP contribution in [0.3, 0.4) is 0 Å². The molecule has 0 aliphatic carbocycles. The summed E-state index contributed by atoms with van der Waals surface area (Å²) in [4.78, 5) is 15.3. The molecule has 5 nitrogen and oxygen atoms in total. The maximum atomic E-state index is 5.92. The van der Waals surface area contributed by atoms with E-state index < -0.39 is 0 Å². The number of halogens is 2. The lowest BCUT2D eigenvalue weighted by Crippen LogP contribution is -2.16. The first-order chi connectivity index (χ1) is 8.95. The number of hydrogen-bond donors (Lipinski definition) is 1. The average Bonchev–Trinajstić information content (AvgIpc) is 2.75. The van der Waals surface area contributed by atoms with Crippen molar-refractivity contribution in [1.29, 1.82) is 0 Å². The number of nitrogens with one attached hydrogen (secondary N) is 1. The van der Waals surface area contributed by atoms with Gasteiger partial charge in [-0.1, -0.05) is 11.6 Å². The summed E-state index contributed by atoms with van der Waals surface area (Å²) in [5, 5.41) is 3.35. The van der Waals surface area contributed by atoms with Crippen LogP contribution in [0.5, 0.6) is 0 Å². The molecule has 0 aliphatic heterocycles. The van der Waals surface area contributed by atoms with E-state index in [1.807, 2.05) is 33.2 Å². The summed E-state index contributed by atoms with van der Waals surface area (Å²) in [7, 11) is 3.69. The van der Waals surface area contributed by atoms with Crippen LogP contribution in [0.15, 0.2) is 12.1 Å². The van der Waals surface area contributed by atoms with Crippen molar-refractivity contribution in [3.05, 3.63) is 26.6 Å². The molecule has 1 unspecified atom stereocenters. The van der Waals surface area contributed by atoms with Crippen molar-refractivity contribution in [3.63, 3.8) is 0 Å². The molecule has 2 aromatic rings. The second kappa shape index (κ2) is 5.90. The second-order valence-electron chi connectivity index (χ2n) is 4.13. The highest BCUT2D eigenvalue weighted by atomic mass is 35.5. The molecule has 0 amide bonds. The first-order valence-corrected chi connectivity index (χ1v) is 7.13. The monoisotopic (exact) mass is 317 g/mol. The molecule has 1 atom stereocenters. The normalized spacial score (nSPS) is 12.3. The molecule has 0 saturated carbocycles. The molecule has 2 rings (SSSR count). The van der Waals surface area contributed by atoms with E-state index in [0.717, 1.165) is 9.21 Å². The van der Waals surface area contributed by atoms with Crippen molar-refractivity contribution in [2.24, 2.45) is 0 Å².